The predicted octanol–water partition coefficient (Wildman–Crippen LogP) is 2.70. The van der Waals surface area contributed by atoms with E-state index in [0.29, 0.717) is 48.4 Å². The average Bonchev–Trinajstić information content (AvgIpc) is 2.74. The van der Waals surface area contributed by atoms with Gasteiger partial charge in [-0.25, -0.2) is 5.43 Å². The van der Waals surface area contributed by atoms with Gasteiger partial charge in [0.15, 0.2) is 29.1 Å². The zero-order valence-corrected chi connectivity index (χ0v) is 16.6. The van der Waals surface area contributed by atoms with Crippen molar-refractivity contribution in [1.29, 1.82) is 0 Å². The number of hydrazone groups is 1. The van der Waals surface area contributed by atoms with Crippen LogP contribution in [0.5, 0.6) is 23.0 Å². The maximum Gasteiger partial charge on any atom is 0.273 e. The Morgan fingerprint density at radius 3 is 2.66 bits per heavy atom. The maximum atomic E-state index is 12.5. The molecular weight excluding hydrogens is 376 g/mol. The number of rotatable bonds is 8. The molecular formula is C21H24N2O6. The number of fused-ring (bicyclic) bond motifs is 1. The summed E-state index contributed by atoms with van der Waals surface area (Å²) in [5, 5.41) is 4.02. The van der Waals surface area contributed by atoms with Gasteiger partial charge in [-0.2, -0.15) is 5.10 Å². The second-order valence-corrected chi connectivity index (χ2v) is 6.10. The van der Waals surface area contributed by atoms with Crippen LogP contribution in [0.25, 0.3) is 0 Å². The summed E-state index contributed by atoms with van der Waals surface area (Å²) in [7, 11) is 3.04. The first-order valence-electron chi connectivity index (χ1n) is 9.22. The highest BCUT2D eigenvalue weighted by molar-refractivity contribution is 5.85. The summed E-state index contributed by atoms with van der Waals surface area (Å²) < 4.78 is 27.2. The molecule has 0 saturated heterocycles. The Morgan fingerprint density at radius 2 is 1.93 bits per heavy atom. The van der Waals surface area contributed by atoms with Crippen molar-refractivity contribution in [3.05, 3.63) is 47.5 Å². The molecule has 0 saturated carbocycles. The molecule has 3 rings (SSSR count). The molecule has 1 atom stereocenters. The van der Waals surface area contributed by atoms with E-state index in [9.17, 15) is 4.79 Å². The first-order valence-corrected chi connectivity index (χ1v) is 9.22. The van der Waals surface area contributed by atoms with Crippen LogP contribution in [0.1, 0.15) is 24.2 Å². The quantitative estimate of drug-likeness (QED) is 0.542. The molecule has 8 heteroatoms. The lowest BCUT2D eigenvalue weighted by molar-refractivity contribution is -0.131. The van der Waals surface area contributed by atoms with Gasteiger partial charge in [-0.15, -0.1) is 0 Å². The van der Waals surface area contributed by atoms with Gasteiger partial charge in [0.25, 0.3) is 5.91 Å². The third-order valence-corrected chi connectivity index (χ3v) is 4.22. The highest BCUT2D eigenvalue weighted by Crippen LogP contribution is 2.33. The van der Waals surface area contributed by atoms with Gasteiger partial charge in [-0.05, 0) is 48.4 Å². The van der Waals surface area contributed by atoms with Crippen LogP contribution in [0.2, 0.25) is 0 Å². The van der Waals surface area contributed by atoms with Gasteiger partial charge >= 0.3 is 0 Å². The number of nitrogens with zero attached hydrogens (tertiary/aromatic N) is 1. The number of ether oxygens (including phenoxy) is 5. The number of nitrogens with one attached hydrogen (secondary N) is 1. The van der Waals surface area contributed by atoms with Crippen molar-refractivity contribution >= 4 is 12.1 Å². The molecule has 2 aromatic rings. The minimum Gasteiger partial charge on any atom is -0.493 e. The van der Waals surface area contributed by atoms with Crippen molar-refractivity contribution in [2.45, 2.75) is 13.0 Å². The molecule has 1 amide bonds. The summed E-state index contributed by atoms with van der Waals surface area (Å²) in [6.45, 7) is 3.38. The van der Waals surface area contributed by atoms with Crippen LogP contribution in [-0.2, 0) is 9.53 Å². The number of hydrogen-bond acceptors (Lipinski definition) is 7. The lowest BCUT2D eigenvalue weighted by Crippen LogP contribution is -2.27. The second kappa shape index (κ2) is 9.79. The standard InChI is InChI=1S/C21H24N2O6/c1-4-27-18-11-14(5-7-16(18)25-2)13-22-23-21(24)20(26-3)15-6-8-17-19(12-15)29-10-9-28-17/h5-8,11-13,20H,4,9-10H2,1-3H3,(H,23,24)/b22-13+. The first kappa shape index (κ1) is 20.5. The molecule has 1 aliphatic rings. The Balaban J connectivity index is 1.68. The summed E-state index contributed by atoms with van der Waals surface area (Å²) in [6, 6.07) is 10.6. The summed E-state index contributed by atoms with van der Waals surface area (Å²) >= 11 is 0. The summed E-state index contributed by atoms with van der Waals surface area (Å²) in [6.07, 6.45) is 0.689. The number of carbonyl (C=O) groups is 1. The molecule has 0 aromatic heterocycles. The van der Waals surface area contributed by atoms with Gasteiger partial charge in [0.1, 0.15) is 13.2 Å². The van der Waals surface area contributed by atoms with Crippen molar-refractivity contribution in [1.82, 2.24) is 5.43 Å². The van der Waals surface area contributed by atoms with Crippen LogP contribution in [0.15, 0.2) is 41.5 Å². The summed E-state index contributed by atoms with van der Waals surface area (Å²) in [4.78, 5) is 12.5. The van der Waals surface area contributed by atoms with E-state index in [4.69, 9.17) is 23.7 Å². The maximum absolute atomic E-state index is 12.5. The van der Waals surface area contributed by atoms with Crippen molar-refractivity contribution in [3.8, 4) is 23.0 Å². The van der Waals surface area contributed by atoms with Crippen LogP contribution in [-0.4, -0.2) is 46.2 Å². The van der Waals surface area contributed by atoms with E-state index in [0.717, 1.165) is 5.56 Å². The van der Waals surface area contributed by atoms with Gasteiger partial charge in [0.05, 0.1) is 19.9 Å². The molecule has 0 aliphatic carbocycles. The molecule has 1 heterocycles. The number of hydrogen-bond donors (Lipinski definition) is 1. The normalized spacial score (nSPS) is 13.8. The smallest absolute Gasteiger partial charge is 0.273 e. The molecule has 1 N–H and O–H groups in total. The van der Waals surface area contributed by atoms with Gasteiger partial charge in [0, 0.05) is 7.11 Å². The minimum atomic E-state index is -0.835. The highest BCUT2D eigenvalue weighted by atomic mass is 16.6. The van der Waals surface area contributed by atoms with Crippen LogP contribution < -0.4 is 24.4 Å². The van der Waals surface area contributed by atoms with Crippen LogP contribution in [0.3, 0.4) is 0 Å². The van der Waals surface area contributed by atoms with Gasteiger partial charge in [0.2, 0.25) is 0 Å². The fourth-order valence-electron chi connectivity index (χ4n) is 2.89. The molecule has 1 aliphatic heterocycles. The summed E-state index contributed by atoms with van der Waals surface area (Å²) in [5.41, 5.74) is 3.90. The lowest BCUT2D eigenvalue weighted by atomic mass is 10.1. The largest absolute Gasteiger partial charge is 0.493 e. The molecule has 0 fully saturated rings. The fourth-order valence-corrected chi connectivity index (χ4v) is 2.89. The van der Waals surface area contributed by atoms with Crippen LogP contribution >= 0.6 is 0 Å². The average molecular weight is 400 g/mol. The van der Waals surface area contributed by atoms with E-state index in [2.05, 4.69) is 10.5 Å². The molecule has 0 radical (unpaired) electrons. The third-order valence-electron chi connectivity index (χ3n) is 4.22. The topological polar surface area (TPSA) is 87.6 Å². The molecule has 1 unspecified atom stereocenters. The third kappa shape index (κ3) is 4.97. The number of methoxy groups -OCH3 is 2. The lowest BCUT2D eigenvalue weighted by Gasteiger charge is -2.20. The Hall–Kier alpha value is -3.26. The Labute approximate surface area is 169 Å². The molecule has 8 nitrogen and oxygen atoms in total. The molecule has 0 bridgehead atoms. The number of amides is 1. The van der Waals surface area contributed by atoms with E-state index in [1.807, 2.05) is 13.0 Å². The zero-order chi connectivity index (χ0) is 20.6. The second-order valence-electron chi connectivity index (χ2n) is 6.10. The molecule has 0 spiro atoms. The van der Waals surface area contributed by atoms with Crippen molar-refractivity contribution in [3.63, 3.8) is 0 Å². The molecule has 2 aromatic carbocycles. The molecule has 29 heavy (non-hydrogen) atoms. The number of carbonyl (C=O) groups excluding carboxylic acids is 1. The van der Waals surface area contributed by atoms with Crippen molar-refractivity contribution < 1.29 is 28.5 Å². The van der Waals surface area contributed by atoms with Gasteiger partial charge in [-0.3, -0.25) is 4.79 Å². The Kier molecular flexibility index (Phi) is 6.91. The SMILES string of the molecule is CCOc1cc(/C=N/NC(=O)C(OC)c2ccc3c(c2)OCCO3)ccc1OC. The predicted molar refractivity (Wildman–Crippen MR) is 107 cm³/mol. The van der Waals surface area contributed by atoms with E-state index >= 15 is 0 Å². The molecule has 154 valence electrons. The fraction of sp³-hybridized carbons (Fsp3) is 0.333. The first-order chi connectivity index (χ1) is 14.2. The Bertz CT molecular complexity index is 883. The number of benzene rings is 2. The minimum absolute atomic E-state index is 0.404. The highest BCUT2D eigenvalue weighted by Gasteiger charge is 2.22. The van der Waals surface area contributed by atoms with Gasteiger partial charge in [-0.1, -0.05) is 6.07 Å². The van der Waals surface area contributed by atoms with E-state index in [1.165, 1.54) is 13.3 Å². The van der Waals surface area contributed by atoms with E-state index in [-0.39, 0.29) is 0 Å². The monoisotopic (exact) mass is 400 g/mol. The van der Waals surface area contributed by atoms with E-state index < -0.39 is 12.0 Å². The van der Waals surface area contributed by atoms with Gasteiger partial charge < -0.3 is 23.7 Å². The van der Waals surface area contributed by atoms with Crippen molar-refractivity contribution in [2.24, 2.45) is 5.10 Å². The van der Waals surface area contributed by atoms with Crippen LogP contribution in [0, 0.1) is 0 Å². The van der Waals surface area contributed by atoms with Crippen LogP contribution in [0.4, 0.5) is 0 Å². The zero-order valence-electron chi connectivity index (χ0n) is 16.6. The summed E-state index contributed by atoms with van der Waals surface area (Å²) in [5.74, 6) is 2.08. The van der Waals surface area contributed by atoms with Crippen molar-refractivity contribution in [2.75, 3.05) is 34.0 Å². The van der Waals surface area contributed by atoms with E-state index in [1.54, 1.807) is 37.4 Å². The Morgan fingerprint density at radius 1 is 1.14 bits per heavy atom.